The fourth-order valence-electron chi connectivity index (χ4n) is 4.30. The predicted octanol–water partition coefficient (Wildman–Crippen LogP) is 1.01. The first-order valence-electron chi connectivity index (χ1n) is 8.61. The van der Waals surface area contributed by atoms with E-state index in [0.717, 1.165) is 36.3 Å². The Morgan fingerprint density at radius 2 is 1.96 bits per heavy atom. The van der Waals surface area contributed by atoms with E-state index in [0.29, 0.717) is 11.3 Å². The van der Waals surface area contributed by atoms with Gasteiger partial charge < -0.3 is 9.88 Å². The topological polar surface area (TPSA) is 99.2 Å². The van der Waals surface area contributed by atoms with Crippen LogP contribution in [0.25, 0.3) is 16.9 Å². The Bertz CT molecular complexity index is 1050. The number of imidazole rings is 1. The highest BCUT2D eigenvalue weighted by Gasteiger charge is 2.37. The summed E-state index contributed by atoms with van der Waals surface area (Å²) in [4.78, 5) is 35.0. The lowest BCUT2D eigenvalue weighted by atomic mass is 10.0. The number of rotatable bonds is 2. The molecule has 0 amide bonds. The van der Waals surface area contributed by atoms with Gasteiger partial charge in [-0.3, -0.25) is 9.78 Å². The van der Waals surface area contributed by atoms with Crippen LogP contribution in [0, 0.1) is 11.8 Å². The van der Waals surface area contributed by atoms with Crippen LogP contribution in [0.2, 0.25) is 0 Å². The first-order chi connectivity index (χ1) is 12.2. The zero-order valence-electron chi connectivity index (χ0n) is 13.6. The lowest BCUT2D eigenvalue weighted by Crippen LogP contribution is -2.24. The summed E-state index contributed by atoms with van der Waals surface area (Å²) >= 11 is 0. The van der Waals surface area contributed by atoms with E-state index in [2.05, 4.69) is 25.0 Å². The maximum atomic E-state index is 12.2. The third-order valence-electron chi connectivity index (χ3n) is 5.50. The zero-order valence-corrected chi connectivity index (χ0v) is 13.6. The summed E-state index contributed by atoms with van der Waals surface area (Å²) in [5, 5.41) is 4.49. The summed E-state index contributed by atoms with van der Waals surface area (Å²) < 4.78 is 1.70. The van der Waals surface area contributed by atoms with Crippen molar-refractivity contribution < 1.29 is 0 Å². The number of nitrogens with one attached hydrogen (secondary N) is 2. The number of nitrogens with zero attached hydrogens (tertiary/aromatic N) is 4. The van der Waals surface area contributed by atoms with Gasteiger partial charge in [-0.1, -0.05) is 6.42 Å². The van der Waals surface area contributed by atoms with Crippen LogP contribution in [0.1, 0.15) is 19.3 Å². The second-order valence-corrected chi connectivity index (χ2v) is 6.95. The number of fused-ring (bicyclic) bond motifs is 2. The van der Waals surface area contributed by atoms with Crippen molar-refractivity contribution in [2.45, 2.75) is 19.3 Å². The van der Waals surface area contributed by atoms with E-state index in [4.69, 9.17) is 0 Å². The Hall–Kier alpha value is -2.90. The van der Waals surface area contributed by atoms with Crippen molar-refractivity contribution >= 4 is 11.3 Å². The molecule has 1 saturated heterocycles. The van der Waals surface area contributed by atoms with Crippen molar-refractivity contribution in [1.82, 2.24) is 24.6 Å². The molecule has 3 aromatic heterocycles. The van der Waals surface area contributed by atoms with Gasteiger partial charge in [0.25, 0.3) is 5.56 Å². The molecule has 0 radical (unpaired) electrons. The van der Waals surface area contributed by atoms with Crippen molar-refractivity contribution in [3.63, 3.8) is 0 Å². The quantitative estimate of drug-likeness (QED) is 0.726. The van der Waals surface area contributed by atoms with Crippen LogP contribution in [-0.2, 0) is 0 Å². The number of hydrogen-bond acceptors (Lipinski definition) is 5. The molecule has 128 valence electrons. The monoisotopic (exact) mass is 338 g/mol. The van der Waals surface area contributed by atoms with Crippen LogP contribution in [0.15, 0.2) is 34.2 Å². The van der Waals surface area contributed by atoms with Gasteiger partial charge in [0.15, 0.2) is 5.65 Å². The molecule has 0 spiro atoms. The van der Waals surface area contributed by atoms with E-state index in [9.17, 15) is 9.59 Å². The molecule has 2 fully saturated rings. The van der Waals surface area contributed by atoms with E-state index in [1.807, 2.05) is 6.07 Å². The molecule has 0 bridgehead atoms. The summed E-state index contributed by atoms with van der Waals surface area (Å²) in [5.41, 5.74) is 1.69. The molecule has 2 atom stereocenters. The molecule has 2 N–H and O–H groups in total. The predicted molar refractivity (Wildman–Crippen MR) is 92.7 cm³/mol. The molecular weight excluding hydrogens is 320 g/mol. The van der Waals surface area contributed by atoms with Crippen LogP contribution >= 0.6 is 0 Å². The normalized spacial score (nSPS) is 22.6. The maximum Gasteiger partial charge on any atom is 0.325 e. The third kappa shape index (κ3) is 2.28. The molecule has 1 saturated carbocycles. The van der Waals surface area contributed by atoms with Crippen molar-refractivity contribution in [2.75, 3.05) is 18.0 Å². The SMILES string of the molecule is O=c1[nH]cc(-c2cc(N3C[C@H]4CCC[C@H]4C3)c3nccn3n2)c(=O)[nH]1. The lowest BCUT2D eigenvalue weighted by molar-refractivity contribution is 0.494. The second-order valence-electron chi connectivity index (χ2n) is 6.95. The standard InChI is InChI=1S/C17H18N6O2/c24-16-12(7-19-17(25)20-16)13-6-14(15-18-4-5-23(15)21-13)22-8-10-2-1-3-11(10)9-22/h4-7,10-11H,1-3,8-9H2,(H2,19,20,24,25)/t10-,11+. The highest BCUT2D eigenvalue weighted by molar-refractivity contribution is 5.74. The van der Waals surface area contributed by atoms with Crippen LogP contribution in [-0.4, -0.2) is 37.7 Å². The molecule has 1 aliphatic carbocycles. The van der Waals surface area contributed by atoms with Gasteiger partial charge in [0.1, 0.15) is 5.69 Å². The van der Waals surface area contributed by atoms with Crippen LogP contribution < -0.4 is 16.1 Å². The smallest absolute Gasteiger partial charge is 0.325 e. The van der Waals surface area contributed by atoms with Crippen molar-refractivity contribution in [3.05, 3.63) is 45.5 Å². The number of H-pyrrole nitrogens is 2. The van der Waals surface area contributed by atoms with Gasteiger partial charge in [0.05, 0.1) is 11.3 Å². The number of aromatic nitrogens is 5. The Kier molecular flexibility index (Phi) is 3.06. The molecule has 8 nitrogen and oxygen atoms in total. The van der Waals surface area contributed by atoms with Crippen molar-refractivity contribution in [2.24, 2.45) is 11.8 Å². The zero-order chi connectivity index (χ0) is 17.0. The van der Waals surface area contributed by atoms with Gasteiger partial charge in [-0.2, -0.15) is 5.10 Å². The molecule has 4 heterocycles. The second kappa shape index (κ2) is 5.30. The Balaban J connectivity index is 1.64. The average molecular weight is 338 g/mol. The largest absolute Gasteiger partial charge is 0.368 e. The molecular formula is C17H18N6O2. The van der Waals surface area contributed by atoms with Crippen molar-refractivity contribution in [3.8, 4) is 11.3 Å². The van der Waals surface area contributed by atoms with Gasteiger partial charge >= 0.3 is 5.69 Å². The maximum absolute atomic E-state index is 12.2. The fraction of sp³-hybridized carbons (Fsp3) is 0.412. The molecule has 25 heavy (non-hydrogen) atoms. The highest BCUT2D eigenvalue weighted by Crippen LogP contribution is 2.40. The van der Waals surface area contributed by atoms with Gasteiger partial charge in [-0.05, 0) is 30.7 Å². The lowest BCUT2D eigenvalue weighted by Gasteiger charge is -2.20. The summed E-state index contributed by atoms with van der Waals surface area (Å²) in [6.07, 6.45) is 8.82. The summed E-state index contributed by atoms with van der Waals surface area (Å²) in [6, 6.07) is 1.91. The van der Waals surface area contributed by atoms with Crippen LogP contribution in [0.5, 0.6) is 0 Å². The summed E-state index contributed by atoms with van der Waals surface area (Å²) in [6.45, 7) is 2.05. The molecule has 8 heteroatoms. The summed E-state index contributed by atoms with van der Waals surface area (Å²) in [7, 11) is 0. The van der Waals surface area contributed by atoms with Crippen LogP contribution in [0.3, 0.4) is 0 Å². The molecule has 0 unspecified atom stereocenters. The first-order valence-corrected chi connectivity index (χ1v) is 8.61. The van der Waals surface area contributed by atoms with E-state index in [-0.39, 0.29) is 0 Å². The number of anilines is 1. The van der Waals surface area contributed by atoms with E-state index in [1.165, 1.54) is 25.5 Å². The van der Waals surface area contributed by atoms with E-state index in [1.54, 1.807) is 16.9 Å². The number of hydrogen-bond donors (Lipinski definition) is 2. The van der Waals surface area contributed by atoms with Gasteiger partial charge in [0, 0.05) is 31.7 Å². The third-order valence-corrected chi connectivity index (χ3v) is 5.50. The van der Waals surface area contributed by atoms with Gasteiger partial charge in [-0.25, -0.2) is 14.3 Å². The van der Waals surface area contributed by atoms with Crippen LogP contribution in [0.4, 0.5) is 5.69 Å². The first kappa shape index (κ1) is 14.4. The molecule has 1 aliphatic heterocycles. The molecule has 3 aromatic rings. The molecule has 5 rings (SSSR count). The summed E-state index contributed by atoms with van der Waals surface area (Å²) in [5.74, 6) is 1.51. The minimum Gasteiger partial charge on any atom is -0.368 e. The number of aromatic amines is 2. The van der Waals surface area contributed by atoms with Gasteiger partial charge in [0.2, 0.25) is 0 Å². The minimum absolute atomic E-state index is 0.343. The molecule has 2 aliphatic rings. The Morgan fingerprint density at radius 3 is 2.72 bits per heavy atom. The van der Waals surface area contributed by atoms with E-state index < -0.39 is 11.2 Å². The van der Waals surface area contributed by atoms with Crippen molar-refractivity contribution in [1.29, 1.82) is 0 Å². The Morgan fingerprint density at radius 1 is 1.16 bits per heavy atom. The fourth-order valence-corrected chi connectivity index (χ4v) is 4.30. The average Bonchev–Trinajstić information content (AvgIpc) is 3.29. The highest BCUT2D eigenvalue weighted by atomic mass is 16.2. The Labute approximate surface area is 142 Å². The van der Waals surface area contributed by atoms with Gasteiger partial charge in [-0.15, -0.1) is 0 Å². The molecule has 0 aromatic carbocycles. The minimum atomic E-state index is -0.523. The van der Waals surface area contributed by atoms with E-state index >= 15 is 0 Å².